The maximum atomic E-state index is 15.5. The lowest BCUT2D eigenvalue weighted by Crippen LogP contribution is -2.60. The molecule has 1 saturated heterocycles. The predicted molar refractivity (Wildman–Crippen MR) is 155 cm³/mol. The number of halogens is 3. The Morgan fingerprint density at radius 2 is 1.95 bits per heavy atom. The van der Waals surface area contributed by atoms with Crippen molar-refractivity contribution in [2.24, 2.45) is 17.6 Å². The molecule has 1 aromatic rings. The summed E-state index contributed by atoms with van der Waals surface area (Å²) in [4.78, 5) is 42.4. The number of primary amides is 1. The Morgan fingerprint density at radius 1 is 1.28 bits per heavy atom. The number of anilines is 1. The van der Waals surface area contributed by atoms with Gasteiger partial charge in [-0.2, -0.15) is 0 Å². The fraction of sp³-hybridized carbons (Fsp3) is 0.483. The number of phenols is 1. The number of nitrogens with two attached hydrogens (primary N) is 1. The van der Waals surface area contributed by atoms with Crippen LogP contribution in [-0.2, 0) is 20.8 Å². The van der Waals surface area contributed by atoms with E-state index in [0.29, 0.717) is 0 Å². The Morgan fingerprint density at radius 3 is 2.51 bits per heavy atom. The lowest BCUT2D eigenvalue weighted by atomic mass is 9.57. The smallest absolute Gasteiger partial charge is 0.261 e. The molecule has 232 valence electrons. The van der Waals surface area contributed by atoms with Crippen molar-refractivity contribution < 1.29 is 42.9 Å². The minimum absolute atomic E-state index is 0.00752. The Kier molecular flexibility index (Phi) is 7.68. The summed E-state index contributed by atoms with van der Waals surface area (Å²) in [7, 11) is 5.84. The van der Waals surface area contributed by atoms with Crippen LogP contribution in [0.1, 0.15) is 30.9 Å². The van der Waals surface area contributed by atoms with Crippen molar-refractivity contribution in [1.82, 2.24) is 9.80 Å². The van der Waals surface area contributed by atoms with Gasteiger partial charge >= 0.3 is 0 Å². The molecule has 5 rings (SSSR count). The molecule has 10 nitrogen and oxygen atoms in total. The zero-order valence-corrected chi connectivity index (χ0v) is 25.0. The Labute approximate surface area is 248 Å². The van der Waals surface area contributed by atoms with Crippen LogP contribution >= 0.6 is 9.24 Å². The third kappa shape index (κ3) is 4.81. The Hall–Kier alpha value is -3.41. The van der Waals surface area contributed by atoms with E-state index in [1.807, 2.05) is 0 Å². The van der Waals surface area contributed by atoms with Crippen LogP contribution in [0.2, 0.25) is 0 Å². The lowest BCUT2D eigenvalue weighted by Gasteiger charge is -2.53. The number of rotatable bonds is 5. The lowest BCUT2D eigenvalue weighted by molar-refractivity contribution is -0.122. The number of likely N-dealkylation sites (N-methyl/N-ethyl adjacent to an activating group) is 1. The number of Topliss-reactive ketones (excluding diaryl/α,β-unsaturated/α-hetero) is 1. The van der Waals surface area contributed by atoms with Gasteiger partial charge in [0.15, 0.2) is 11.5 Å². The summed E-state index contributed by atoms with van der Waals surface area (Å²) >= 11 is 0. The van der Waals surface area contributed by atoms with Crippen LogP contribution in [0.5, 0.6) is 5.75 Å². The highest BCUT2D eigenvalue weighted by atomic mass is 31.0. The van der Waals surface area contributed by atoms with Crippen LogP contribution in [0.15, 0.2) is 34.6 Å². The minimum atomic E-state index is -2.92. The molecule has 0 bridgehead atoms. The fourth-order valence-corrected chi connectivity index (χ4v) is 8.03. The highest BCUT2D eigenvalue weighted by Gasteiger charge is 2.61. The van der Waals surface area contributed by atoms with Gasteiger partial charge in [-0.25, -0.2) is 13.2 Å². The van der Waals surface area contributed by atoms with Crippen LogP contribution < -0.4 is 11.1 Å². The molecule has 4 aliphatic rings. The van der Waals surface area contributed by atoms with Gasteiger partial charge < -0.3 is 26.4 Å². The Bertz CT molecular complexity index is 1540. The molecule has 2 amide bonds. The van der Waals surface area contributed by atoms with E-state index in [1.54, 1.807) is 25.9 Å². The molecule has 0 spiro atoms. The number of amides is 2. The largest absolute Gasteiger partial charge is 0.510 e. The van der Waals surface area contributed by atoms with E-state index in [-0.39, 0.29) is 58.7 Å². The van der Waals surface area contributed by atoms with Gasteiger partial charge in [-0.1, -0.05) is 6.08 Å². The van der Waals surface area contributed by atoms with Crippen LogP contribution in [0.4, 0.5) is 18.9 Å². The van der Waals surface area contributed by atoms with Gasteiger partial charge in [0.2, 0.25) is 5.91 Å². The van der Waals surface area contributed by atoms with E-state index in [0.717, 1.165) is 6.07 Å². The number of nitrogens with one attached hydrogen (secondary N) is 1. The molecule has 43 heavy (non-hydrogen) atoms. The summed E-state index contributed by atoms with van der Waals surface area (Å²) in [6.45, 7) is 0.562. The quantitative estimate of drug-likeness (QED) is 0.248. The van der Waals surface area contributed by atoms with Crippen LogP contribution in [0.3, 0.4) is 0 Å². The van der Waals surface area contributed by atoms with Gasteiger partial charge in [-0.3, -0.25) is 24.2 Å². The number of hydrogen-bond acceptors (Lipinski definition) is 8. The molecule has 1 heterocycles. The number of ketones is 1. The van der Waals surface area contributed by atoms with Crippen molar-refractivity contribution in [2.75, 3.05) is 39.0 Å². The first-order valence-corrected chi connectivity index (χ1v) is 14.4. The zero-order chi connectivity index (χ0) is 31.8. The molecule has 6 N–H and O–H groups in total. The number of likely N-dealkylation sites (tertiary alicyclic amines) is 1. The average molecular weight is 623 g/mol. The molecule has 1 saturated carbocycles. The monoisotopic (exact) mass is 622 g/mol. The highest BCUT2D eigenvalue weighted by Crippen LogP contribution is 2.58. The van der Waals surface area contributed by atoms with E-state index >= 15 is 4.39 Å². The summed E-state index contributed by atoms with van der Waals surface area (Å²) in [6, 6.07) is 0.0895. The molecule has 0 aromatic heterocycles. The second-order valence-electron chi connectivity index (χ2n) is 11.9. The summed E-state index contributed by atoms with van der Waals surface area (Å²) < 4.78 is 42.6. The zero-order valence-electron chi connectivity index (χ0n) is 23.9. The number of allylic oxidation sites excluding steroid dienone is 2. The summed E-state index contributed by atoms with van der Waals surface area (Å²) in [5, 5.41) is 34.6. The molecule has 14 heteroatoms. The van der Waals surface area contributed by atoms with Crippen molar-refractivity contribution >= 4 is 38.3 Å². The van der Waals surface area contributed by atoms with E-state index in [4.69, 9.17) is 5.73 Å². The van der Waals surface area contributed by atoms with Crippen molar-refractivity contribution in [3.63, 3.8) is 0 Å². The normalized spacial score (nSPS) is 29.5. The first-order chi connectivity index (χ1) is 20.0. The van der Waals surface area contributed by atoms with Gasteiger partial charge in [0.05, 0.1) is 41.1 Å². The number of aliphatic hydroxyl groups is 2. The first kappa shape index (κ1) is 31.0. The number of hydrogen-bond donors (Lipinski definition) is 5. The van der Waals surface area contributed by atoms with Gasteiger partial charge in [0, 0.05) is 36.1 Å². The third-order valence-corrected chi connectivity index (χ3v) is 10.1. The number of phenolic OH excluding ortho intramolecular Hbond substituents is 1. The number of carbonyl (C=O) groups excluding carboxylic acids is 3. The van der Waals surface area contributed by atoms with Crippen molar-refractivity contribution in [1.29, 1.82) is 0 Å². The van der Waals surface area contributed by atoms with Gasteiger partial charge in [-0.15, -0.1) is 9.24 Å². The van der Waals surface area contributed by atoms with Crippen LogP contribution in [0, 0.1) is 17.7 Å². The summed E-state index contributed by atoms with van der Waals surface area (Å²) in [5.74, 6) is -9.01. The minimum Gasteiger partial charge on any atom is -0.510 e. The topological polar surface area (TPSA) is 156 Å². The van der Waals surface area contributed by atoms with Gasteiger partial charge in [0.1, 0.15) is 17.3 Å². The van der Waals surface area contributed by atoms with Crippen LogP contribution in [0.25, 0.3) is 5.76 Å². The number of alkyl halides is 2. The van der Waals surface area contributed by atoms with E-state index in [2.05, 4.69) is 14.6 Å². The predicted octanol–water partition coefficient (Wildman–Crippen LogP) is 2.64. The number of benzene rings is 1. The number of carbonyl (C=O) groups is 3. The number of aromatic hydroxyl groups is 1. The summed E-state index contributed by atoms with van der Waals surface area (Å²) in [5.41, 5.74) is 4.72. The van der Waals surface area contributed by atoms with Crippen LogP contribution in [-0.4, -0.2) is 93.6 Å². The molecule has 0 radical (unpaired) electrons. The van der Waals surface area contributed by atoms with Crippen molar-refractivity contribution in [3.05, 3.63) is 51.6 Å². The molecule has 1 aliphatic heterocycles. The van der Waals surface area contributed by atoms with E-state index in [1.165, 1.54) is 11.0 Å². The fourth-order valence-electron chi connectivity index (χ4n) is 7.25. The van der Waals surface area contributed by atoms with Crippen molar-refractivity contribution in [2.45, 2.75) is 43.3 Å². The molecular formula is C29H34F3N4O6P. The number of aliphatic hydroxyl groups excluding tert-OH is 2. The first-order valence-electron chi connectivity index (χ1n) is 13.8. The standard InChI is InChI=1S/C29H34F3N4O6P/c1-4-14-21(27(33)42)25(40)22(35(2)3)15-8-12-7-13-16(30)9-17(34-18(37)10-36-6-5-28(31,32)11-36)23(38)20(13)24(39)19(12)26(41)29(14,15)43/h4,9,12,15,22,38-40H,5-8,10-11,43H2,1-3H3,(H2,33,42)(H,34,37)/t12-,15-,22-,29-/m0/s1. The van der Waals surface area contributed by atoms with Crippen molar-refractivity contribution in [3.8, 4) is 5.75 Å². The second kappa shape index (κ2) is 10.6. The van der Waals surface area contributed by atoms with Gasteiger partial charge in [0.25, 0.3) is 11.8 Å². The third-order valence-electron chi connectivity index (χ3n) is 9.06. The molecular weight excluding hydrogens is 588 g/mol. The molecule has 5 atom stereocenters. The molecule has 1 aromatic carbocycles. The van der Waals surface area contributed by atoms with Gasteiger partial charge in [-0.05, 0) is 45.4 Å². The maximum Gasteiger partial charge on any atom is 0.261 e. The van der Waals surface area contributed by atoms with E-state index in [9.17, 15) is 38.5 Å². The van der Waals surface area contributed by atoms with E-state index < -0.39 is 83.4 Å². The molecule has 2 fully saturated rings. The molecule has 1 unspecified atom stereocenters. The Balaban J connectivity index is 1.57. The SMILES string of the molecule is CC=C1C(C(N)=O)=C(O)[C@@H](N(C)C)[C@@H]2C[C@@H]3Cc4c(F)cc(NC(=O)CN5CCC(F)(F)C5)c(O)c4C(O)=C3C(=O)[C@]12P. The summed E-state index contributed by atoms with van der Waals surface area (Å²) in [6.07, 6.45) is 1.24. The second-order valence-corrected chi connectivity index (χ2v) is 12.8. The number of nitrogens with zero attached hydrogens (tertiary/aromatic N) is 2. The maximum absolute atomic E-state index is 15.5. The number of fused-ring (bicyclic) bond motifs is 3. The average Bonchev–Trinajstić information content (AvgIpc) is 3.24. The molecule has 3 aliphatic carbocycles. The highest BCUT2D eigenvalue weighted by molar-refractivity contribution is 7.22.